The quantitative estimate of drug-likeness (QED) is 0.896. The Hall–Kier alpha value is -1.33. The van der Waals surface area contributed by atoms with Gasteiger partial charge in [-0.2, -0.15) is 0 Å². The van der Waals surface area contributed by atoms with Crippen LogP contribution in [0.3, 0.4) is 0 Å². The van der Waals surface area contributed by atoms with Crippen LogP contribution in [0.2, 0.25) is 0 Å². The van der Waals surface area contributed by atoms with Crippen molar-refractivity contribution in [1.82, 2.24) is 0 Å². The van der Waals surface area contributed by atoms with E-state index in [9.17, 15) is 18.3 Å². The topological polar surface area (TPSA) is 20.2 Å². The minimum absolute atomic E-state index is 0.0152. The third-order valence-electron chi connectivity index (χ3n) is 2.76. The number of hydrogen-bond donors (Lipinski definition) is 1. The third kappa shape index (κ3) is 3.16. The molecular weight excluding hydrogens is 321 g/mol. The lowest BCUT2D eigenvalue weighted by atomic mass is 10.0. The van der Waals surface area contributed by atoms with Crippen molar-refractivity contribution in [3.63, 3.8) is 0 Å². The molecule has 0 aliphatic carbocycles. The lowest BCUT2D eigenvalue weighted by Gasteiger charge is -2.13. The SMILES string of the molecule is OC(Cc1cc(F)ccc1Br)c1cccc(F)c1F. The Morgan fingerprint density at radius 1 is 1.11 bits per heavy atom. The second-order valence-corrected chi connectivity index (χ2v) is 4.95. The first-order valence-corrected chi connectivity index (χ1v) is 6.34. The molecule has 0 amide bonds. The molecule has 19 heavy (non-hydrogen) atoms. The summed E-state index contributed by atoms with van der Waals surface area (Å²) < 4.78 is 40.3. The summed E-state index contributed by atoms with van der Waals surface area (Å²) >= 11 is 3.22. The van der Waals surface area contributed by atoms with E-state index < -0.39 is 23.6 Å². The Balaban J connectivity index is 2.28. The van der Waals surface area contributed by atoms with E-state index in [-0.39, 0.29) is 12.0 Å². The van der Waals surface area contributed by atoms with Crippen molar-refractivity contribution in [2.75, 3.05) is 0 Å². The van der Waals surface area contributed by atoms with Crippen molar-refractivity contribution >= 4 is 15.9 Å². The standard InChI is InChI=1S/C14H10BrF3O/c15-11-5-4-9(16)6-8(11)7-13(19)10-2-1-3-12(17)14(10)18/h1-6,13,19H,7H2. The van der Waals surface area contributed by atoms with Crippen molar-refractivity contribution in [1.29, 1.82) is 0 Å². The molecule has 2 aromatic rings. The average Bonchev–Trinajstić information content (AvgIpc) is 2.37. The molecule has 5 heteroatoms. The number of rotatable bonds is 3. The van der Waals surface area contributed by atoms with Crippen LogP contribution in [0.15, 0.2) is 40.9 Å². The monoisotopic (exact) mass is 330 g/mol. The lowest BCUT2D eigenvalue weighted by molar-refractivity contribution is 0.172. The highest BCUT2D eigenvalue weighted by molar-refractivity contribution is 9.10. The number of aliphatic hydroxyl groups is 1. The Morgan fingerprint density at radius 3 is 2.58 bits per heavy atom. The first-order chi connectivity index (χ1) is 8.99. The van der Waals surface area contributed by atoms with Crippen LogP contribution in [0.25, 0.3) is 0 Å². The molecule has 0 saturated heterocycles. The van der Waals surface area contributed by atoms with Gasteiger partial charge in [0.2, 0.25) is 0 Å². The summed E-state index contributed by atoms with van der Waals surface area (Å²) in [6.45, 7) is 0. The molecule has 2 aromatic carbocycles. The molecule has 0 aliphatic heterocycles. The zero-order chi connectivity index (χ0) is 14.0. The molecule has 1 N–H and O–H groups in total. The van der Waals surface area contributed by atoms with Crippen LogP contribution in [0, 0.1) is 17.5 Å². The van der Waals surface area contributed by atoms with Gasteiger partial charge >= 0.3 is 0 Å². The number of benzene rings is 2. The summed E-state index contributed by atoms with van der Waals surface area (Å²) in [6, 6.07) is 7.60. The molecule has 0 spiro atoms. The van der Waals surface area contributed by atoms with Crippen LogP contribution >= 0.6 is 15.9 Å². The van der Waals surface area contributed by atoms with Crippen LogP contribution < -0.4 is 0 Å². The van der Waals surface area contributed by atoms with Gasteiger partial charge in [0.1, 0.15) is 5.82 Å². The van der Waals surface area contributed by atoms with Gasteiger partial charge in [0.15, 0.2) is 11.6 Å². The van der Waals surface area contributed by atoms with Crippen LogP contribution in [-0.2, 0) is 6.42 Å². The molecule has 0 radical (unpaired) electrons. The van der Waals surface area contributed by atoms with E-state index in [1.54, 1.807) is 0 Å². The zero-order valence-electron chi connectivity index (χ0n) is 9.71. The Kier molecular flexibility index (Phi) is 4.27. The molecule has 0 aromatic heterocycles. The maximum Gasteiger partial charge on any atom is 0.164 e. The smallest absolute Gasteiger partial charge is 0.164 e. The highest BCUT2D eigenvalue weighted by Gasteiger charge is 2.17. The first-order valence-electron chi connectivity index (χ1n) is 5.55. The summed E-state index contributed by atoms with van der Waals surface area (Å²) in [7, 11) is 0. The molecule has 1 nitrogen and oxygen atoms in total. The first kappa shape index (κ1) is 14.1. The highest BCUT2D eigenvalue weighted by Crippen LogP contribution is 2.26. The van der Waals surface area contributed by atoms with Crippen LogP contribution in [0.4, 0.5) is 13.2 Å². The fourth-order valence-electron chi connectivity index (χ4n) is 1.80. The van der Waals surface area contributed by atoms with Crippen molar-refractivity contribution in [3.8, 4) is 0 Å². The average molecular weight is 331 g/mol. The minimum atomic E-state index is -1.24. The molecule has 0 heterocycles. The summed E-state index contributed by atoms with van der Waals surface area (Å²) in [4.78, 5) is 0. The van der Waals surface area contributed by atoms with E-state index >= 15 is 0 Å². The molecule has 1 unspecified atom stereocenters. The number of hydrogen-bond acceptors (Lipinski definition) is 1. The maximum atomic E-state index is 13.5. The predicted octanol–water partition coefficient (Wildman–Crippen LogP) is 4.14. The van der Waals surface area contributed by atoms with E-state index in [0.29, 0.717) is 10.0 Å². The van der Waals surface area contributed by atoms with Crippen molar-refractivity contribution < 1.29 is 18.3 Å². The largest absolute Gasteiger partial charge is 0.388 e. The fraction of sp³-hybridized carbons (Fsp3) is 0.143. The summed E-state index contributed by atoms with van der Waals surface area (Å²) in [5, 5.41) is 9.94. The van der Waals surface area contributed by atoms with Gasteiger partial charge in [-0.3, -0.25) is 0 Å². The van der Waals surface area contributed by atoms with Gasteiger partial charge in [0, 0.05) is 16.5 Å². The normalized spacial score (nSPS) is 12.5. The predicted molar refractivity (Wildman–Crippen MR) is 69.1 cm³/mol. The van der Waals surface area contributed by atoms with E-state index in [2.05, 4.69) is 15.9 Å². The second kappa shape index (κ2) is 5.75. The van der Waals surface area contributed by atoms with E-state index in [1.165, 1.54) is 30.3 Å². The minimum Gasteiger partial charge on any atom is -0.388 e. The Bertz CT molecular complexity index is 601. The van der Waals surface area contributed by atoms with Crippen LogP contribution in [-0.4, -0.2) is 5.11 Å². The van der Waals surface area contributed by atoms with E-state index in [4.69, 9.17) is 0 Å². The van der Waals surface area contributed by atoms with E-state index in [1.807, 2.05) is 0 Å². The lowest BCUT2D eigenvalue weighted by Crippen LogP contribution is -2.06. The molecular formula is C14H10BrF3O. The van der Waals surface area contributed by atoms with Gasteiger partial charge in [-0.05, 0) is 29.8 Å². The van der Waals surface area contributed by atoms with Gasteiger partial charge in [0.25, 0.3) is 0 Å². The van der Waals surface area contributed by atoms with Crippen molar-refractivity contribution in [2.45, 2.75) is 12.5 Å². The van der Waals surface area contributed by atoms with Crippen molar-refractivity contribution in [3.05, 3.63) is 69.4 Å². The van der Waals surface area contributed by atoms with Gasteiger partial charge < -0.3 is 5.11 Å². The van der Waals surface area contributed by atoms with Gasteiger partial charge in [-0.25, -0.2) is 13.2 Å². The molecule has 2 rings (SSSR count). The summed E-state index contributed by atoms with van der Waals surface area (Å²) in [5.41, 5.74) is 0.340. The van der Waals surface area contributed by atoms with Crippen LogP contribution in [0.5, 0.6) is 0 Å². The highest BCUT2D eigenvalue weighted by atomic mass is 79.9. The van der Waals surface area contributed by atoms with Crippen molar-refractivity contribution in [2.24, 2.45) is 0 Å². The van der Waals surface area contributed by atoms with Gasteiger partial charge in [0.05, 0.1) is 6.10 Å². The zero-order valence-corrected chi connectivity index (χ0v) is 11.3. The Morgan fingerprint density at radius 2 is 1.84 bits per heavy atom. The van der Waals surface area contributed by atoms with Crippen LogP contribution in [0.1, 0.15) is 17.2 Å². The summed E-state index contributed by atoms with van der Waals surface area (Å²) in [6.07, 6.45) is -1.26. The second-order valence-electron chi connectivity index (χ2n) is 4.10. The number of halogens is 4. The molecule has 1 atom stereocenters. The van der Waals surface area contributed by atoms with Gasteiger partial charge in [-0.1, -0.05) is 28.1 Å². The van der Waals surface area contributed by atoms with Gasteiger partial charge in [-0.15, -0.1) is 0 Å². The third-order valence-corrected chi connectivity index (χ3v) is 3.54. The molecule has 100 valence electrons. The van der Waals surface area contributed by atoms with E-state index in [0.717, 1.165) is 6.07 Å². The molecule has 0 saturated carbocycles. The molecule has 0 aliphatic rings. The summed E-state index contributed by atoms with van der Waals surface area (Å²) in [5.74, 6) is -2.55. The number of aliphatic hydroxyl groups excluding tert-OH is 1. The molecule has 0 bridgehead atoms. The fourth-order valence-corrected chi connectivity index (χ4v) is 2.20. The Labute approximate surface area is 116 Å². The maximum absolute atomic E-state index is 13.5. The molecule has 0 fully saturated rings.